The van der Waals surface area contributed by atoms with Gasteiger partial charge in [0.25, 0.3) is 7.37 Å². The van der Waals surface area contributed by atoms with E-state index in [0.29, 0.717) is 23.1 Å². The molecular formula is C27H38NO3P. The molecule has 4 nitrogen and oxygen atoms in total. The Morgan fingerprint density at radius 3 is 2.31 bits per heavy atom. The van der Waals surface area contributed by atoms with Gasteiger partial charge in [0.1, 0.15) is 0 Å². The van der Waals surface area contributed by atoms with E-state index < -0.39 is 13.2 Å². The van der Waals surface area contributed by atoms with E-state index in [-0.39, 0.29) is 6.10 Å². The van der Waals surface area contributed by atoms with Crippen LogP contribution in [0.15, 0.2) is 60.7 Å². The molecule has 0 saturated heterocycles. The molecule has 1 aliphatic carbocycles. The van der Waals surface area contributed by atoms with E-state index in [1.807, 2.05) is 79.7 Å². The monoisotopic (exact) mass is 455 g/mol. The fraction of sp³-hybridized carbons (Fsp3) is 0.481. The number of benzene rings is 2. The minimum atomic E-state index is -3.57. The van der Waals surface area contributed by atoms with Gasteiger partial charge in [-0.05, 0) is 66.5 Å². The molecule has 0 unspecified atom stereocenters. The van der Waals surface area contributed by atoms with Crippen LogP contribution in [0.4, 0.5) is 5.69 Å². The van der Waals surface area contributed by atoms with Crippen LogP contribution in [0.25, 0.3) is 6.08 Å². The second-order valence-corrected chi connectivity index (χ2v) is 12.1. The maximum Gasteiger partial charge on any atom is 0.263 e. The lowest BCUT2D eigenvalue weighted by Gasteiger charge is -2.39. The zero-order chi connectivity index (χ0) is 23.3. The Morgan fingerprint density at radius 2 is 1.72 bits per heavy atom. The number of rotatable bonds is 8. The van der Waals surface area contributed by atoms with Crippen molar-refractivity contribution in [2.45, 2.75) is 52.0 Å². The van der Waals surface area contributed by atoms with Crippen LogP contribution in [0.3, 0.4) is 0 Å². The van der Waals surface area contributed by atoms with Crippen molar-refractivity contribution in [3.05, 3.63) is 66.2 Å². The summed E-state index contributed by atoms with van der Waals surface area (Å²) < 4.78 is 20.9. The average molecular weight is 456 g/mol. The van der Waals surface area contributed by atoms with Crippen molar-refractivity contribution < 1.29 is 14.2 Å². The third kappa shape index (κ3) is 5.92. The highest BCUT2D eigenvalue weighted by Crippen LogP contribution is 2.54. The van der Waals surface area contributed by atoms with Crippen molar-refractivity contribution in [3.63, 3.8) is 0 Å². The summed E-state index contributed by atoms with van der Waals surface area (Å²) in [7, 11) is 0.371. The van der Waals surface area contributed by atoms with Gasteiger partial charge in [-0.2, -0.15) is 0 Å². The van der Waals surface area contributed by atoms with Gasteiger partial charge in [-0.3, -0.25) is 4.57 Å². The van der Waals surface area contributed by atoms with E-state index in [1.165, 1.54) is 6.42 Å². The van der Waals surface area contributed by atoms with E-state index in [0.717, 1.165) is 24.1 Å². The van der Waals surface area contributed by atoms with Gasteiger partial charge in [-0.15, -0.1) is 0 Å². The molecule has 0 spiro atoms. The van der Waals surface area contributed by atoms with Gasteiger partial charge >= 0.3 is 0 Å². The highest BCUT2D eigenvalue weighted by Gasteiger charge is 2.41. The van der Waals surface area contributed by atoms with Crippen LogP contribution < -0.4 is 10.2 Å². The van der Waals surface area contributed by atoms with Crippen molar-refractivity contribution in [1.82, 2.24) is 0 Å². The lowest BCUT2D eigenvalue weighted by atomic mass is 9.75. The Labute approximate surface area is 193 Å². The summed E-state index contributed by atoms with van der Waals surface area (Å²) in [6, 6.07) is 17.3. The predicted molar refractivity (Wildman–Crippen MR) is 136 cm³/mol. The van der Waals surface area contributed by atoms with Gasteiger partial charge < -0.3 is 14.5 Å². The molecule has 0 heterocycles. The van der Waals surface area contributed by atoms with Crippen molar-refractivity contribution >= 4 is 24.4 Å². The van der Waals surface area contributed by atoms with Gasteiger partial charge in [-0.1, -0.05) is 63.6 Å². The standard InChI is InChI=1S/C27H38NO3P/c1-20(2)25-17-11-21(3)19-26(25)31-32(30,24-15-13-23(14-16-24)28(4)5)27(29)18-12-22-9-7-6-8-10-22/h6-10,12-16,18,20-21,25-27,29H,11,17,19H2,1-5H3/b18-12+/t21-,25-,26+,27-,32-/m0/s1. The van der Waals surface area contributed by atoms with Gasteiger partial charge in [0.2, 0.25) is 0 Å². The summed E-state index contributed by atoms with van der Waals surface area (Å²) in [5.74, 6) is 0.0921. The van der Waals surface area contributed by atoms with Crippen LogP contribution in [-0.4, -0.2) is 31.2 Å². The lowest BCUT2D eigenvalue weighted by molar-refractivity contribution is 0.0448. The molecule has 0 bridgehead atoms. The fourth-order valence-electron chi connectivity index (χ4n) is 4.55. The van der Waals surface area contributed by atoms with Gasteiger partial charge in [0, 0.05) is 25.1 Å². The summed E-state index contributed by atoms with van der Waals surface area (Å²) in [4.78, 5) is 2.00. The molecule has 0 aliphatic heterocycles. The summed E-state index contributed by atoms with van der Waals surface area (Å²) >= 11 is 0. The first-order chi connectivity index (χ1) is 15.2. The van der Waals surface area contributed by atoms with Crippen molar-refractivity contribution in [2.24, 2.45) is 17.8 Å². The molecule has 2 aromatic rings. The third-order valence-electron chi connectivity index (χ3n) is 6.59. The first-order valence-corrected chi connectivity index (χ1v) is 13.4. The molecule has 1 saturated carbocycles. The number of hydrogen-bond donors (Lipinski definition) is 1. The van der Waals surface area contributed by atoms with Gasteiger partial charge in [0.05, 0.1) is 6.10 Å². The molecule has 1 fully saturated rings. The molecule has 0 radical (unpaired) electrons. The minimum absolute atomic E-state index is 0.127. The molecule has 3 rings (SSSR count). The second-order valence-electron chi connectivity index (χ2n) is 9.66. The van der Waals surface area contributed by atoms with Gasteiger partial charge in [-0.25, -0.2) is 0 Å². The smallest absolute Gasteiger partial charge is 0.263 e. The zero-order valence-electron chi connectivity index (χ0n) is 20.0. The maximum absolute atomic E-state index is 14.4. The Kier molecular flexibility index (Phi) is 8.38. The van der Waals surface area contributed by atoms with Crippen LogP contribution in [0.1, 0.15) is 45.6 Å². The molecule has 0 aromatic heterocycles. The molecular weight excluding hydrogens is 417 g/mol. The number of hydrogen-bond acceptors (Lipinski definition) is 4. The number of anilines is 1. The summed E-state index contributed by atoms with van der Waals surface area (Å²) in [6.07, 6.45) is 6.42. The van der Waals surface area contributed by atoms with E-state index in [1.54, 1.807) is 6.08 Å². The molecule has 1 N–H and O–H groups in total. The molecule has 174 valence electrons. The van der Waals surface area contributed by atoms with Crippen molar-refractivity contribution in [1.29, 1.82) is 0 Å². The zero-order valence-corrected chi connectivity index (χ0v) is 20.9. The Morgan fingerprint density at radius 1 is 1.06 bits per heavy atom. The first kappa shape index (κ1) is 24.8. The van der Waals surface area contributed by atoms with E-state index in [4.69, 9.17) is 4.52 Å². The van der Waals surface area contributed by atoms with Crippen LogP contribution in [-0.2, 0) is 9.09 Å². The summed E-state index contributed by atoms with van der Waals surface area (Å²) in [5.41, 5.74) is 1.97. The topological polar surface area (TPSA) is 49.8 Å². The highest BCUT2D eigenvalue weighted by atomic mass is 31.2. The highest BCUT2D eigenvalue weighted by molar-refractivity contribution is 7.67. The second kappa shape index (κ2) is 10.8. The van der Waals surface area contributed by atoms with E-state index in [2.05, 4.69) is 20.8 Å². The molecule has 32 heavy (non-hydrogen) atoms. The van der Waals surface area contributed by atoms with Gasteiger partial charge in [0.15, 0.2) is 5.85 Å². The van der Waals surface area contributed by atoms with Crippen LogP contribution in [0, 0.1) is 17.8 Å². The SMILES string of the molecule is CC(C)[C@@H]1CC[C@H](C)C[C@H]1O[P@@](=O)(c1ccc(N(C)C)cc1)[C@H](O)/C=C/c1ccccc1. The van der Waals surface area contributed by atoms with Crippen LogP contribution in [0.5, 0.6) is 0 Å². The van der Waals surface area contributed by atoms with Crippen molar-refractivity contribution in [3.8, 4) is 0 Å². The minimum Gasteiger partial charge on any atom is -0.378 e. The third-order valence-corrected chi connectivity index (χ3v) is 9.06. The Hall–Kier alpha value is -1.87. The van der Waals surface area contributed by atoms with Crippen molar-refractivity contribution in [2.75, 3.05) is 19.0 Å². The average Bonchev–Trinajstić information content (AvgIpc) is 2.78. The Bertz CT molecular complexity index is 924. The quantitative estimate of drug-likeness (QED) is 0.484. The van der Waals surface area contributed by atoms with Crippen LogP contribution >= 0.6 is 7.37 Å². The normalized spacial score (nSPS) is 24.4. The molecule has 2 aromatic carbocycles. The molecule has 0 amide bonds. The summed E-state index contributed by atoms with van der Waals surface area (Å²) in [5, 5.41) is 11.8. The van der Waals surface area contributed by atoms with E-state index in [9.17, 15) is 9.67 Å². The molecule has 1 aliphatic rings. The van der Waals surface area contributed by atoms with E-state index >= 15 is 0 Å². The first-order valence-electron chi connectivity index (χ1n) is 11.7. The number of aliphatic hydroxyl groups excluding tert-OH is 1. The maximum atomic E-state index is 14.4. The van der Waals surface area contributed by atoms with Crippen LogP contribution in [0.2, 0.25) is 0 Å². The molecule has 5 atom stereocenters. The lowest BCUT2D eigenvalue weighted by Crippen LogP contribution is -2.35. The number of nitrogens with zero attached hydrogens (tertiary/aromatic N) is 1. The largest absolute Gasteiger partial charge is 0.378 e. The molecule has 5 heteroatoms. The Balaban J connectivity index is 1.96. The predicted octanol–water partition coefficient (Wildman–Crippen LogP) is 6.17. The summed E-state index contributed by atoms with van der Waals surface area (Å²) in [6.45, 7) is 6.65. The number of aliphatic hydroxyl groups is 1. The fourth-order valence-corrected chi connectivity index (χ4v) is 6.62.